The molecule has 2 heterocycles. The zero-order valence-corrected chi connectivity index (χ0v) is 18.9. The third kappa shape index (κ3) is 5.04. The van der Waals surface area contributed by atoms with Crippen LogP contribution in [0.2, 0.25) is 0 Å². The minimum atomic E-state index is -3.81. The highest BCUT2D eigenvalue weighted by molar-refractivity contribution is 7.99. The Hall–Kier alpha value is -2.52. The van der Waals surface area contributed by atoms with Gasteiger partial charge in [-0.1, -0.05) is 12.1 Å². The van der Waals surface area contributed by atoms with Crippen molar-refractivity contribution in [1.82, 2.24) is 4.90 Å². The maximum absolute atomic E-state index is 12.8. The van der Waals surface area contributed by atoms with Crippen molar-refractivity contribution in [2.24, 2.45) is 5.92 Å². The van der Waals surface area contributed by atoms with Gasteiger partial charge >= 0.3 is 0 Å². The van der Waals surface area contributed by atoms with E-state index in [0.29, 0.717) is 17.1 Å². The van der Waals surface area contributed by atoms with Crippen LogP contribution in [0.5, 0.6) is 0 Å². The Bertz CT molecular complexity index is 1110. The topological polar surface area (TPSA) is 95.6 Å². The number of fused-ring (bicyclic) bond motifs is 1. The number of nitrogens with one attached hydrogen (secondary N) is 2. The highest BCUT2D eigenvalue weighted by Crippen LogP contribution is 2.35. The Kier molecular flexibility index (Phi) is 6.24. The Balaban J connectivity index is 1.49. The van der Waals surface area contributed by atoms with Gasteiger partial charge < -0.3 is 10.2 Å². The Labute approximate surface area is 186 Å². The predicted octanol–water partition coefficient (Wildman–Crippen LogP) is 3.47. The molecule has 2 aromatic rings. The van der Waals surface area contributed by atoms with Gasteiger partial charge in [0.15, 0.2) is 0 Å². The van der Waals surface area contributed by atoms with Crippen molar-refractivity contribution in [1.29, 1.82) is 0 Å². The maximum Gasteiger partial charge on any atom is 0.261 e. The molecule has 2 N–H and O–H groups in total. The van der Waals surface area contributed by atoms with Gasteiger partial charge in [0.05, 0.1) is 16.5 Å². The van der Waals surface area contributed by atoms with E-state index in [1.165, 1.54) is 23.9 Å². The molecule has 2 aliphatic rings. The minimum Gasteiger partial charge on any atom is -0.343 e. The summed E-state index contributed by atoms with van der Waals surface area (Å²) in [6.07, 6.45) is 2.19. The maximum atomic E-state index is 12.8. The van der Waals surface area contributed by atoms with Crippen molar-refractivity contribution in [3.05, 3.63) is 48.0 Å². The standard InChI is InChI=1S/C22H25N3O4S2/c1-15-5-4-6-17(11-15)24-31(28,29)18-7-8-20-19(13-18)23-22(27)16(14-30-20)12-21(26)25-9-2-3-10-25/h4-8,11,13,16,24H,2-3,9-10,12,14H2,1H3,(H,23,27)/t16-/m1/s1. The molecule has 31 heavy (non-hydrogen) atoms. The molecule has 0 aromatic heterocycles. The lowest BCUT2D eigenvalue weighted by Gasteiger charge is -2.18. The first-order valence-corrected chi connectivity index (χ1v) is 12.7. The molecule has 0 radical (unpaired) electrons. The summed E-state index contributed by atoms with van der Waals surface area (Å²) in [5.74, 6) is -0.211. The molecular formula is C22H25N3O4S2. The van der Waals surface area contributed by atoms with Gasteiger partial charge in [-0.25, -0.2) is 8.42 Å². The quantitative estimate of drug-likeness (QED) is 0.714. The summed E-state index contributed by atoms with van der Waals surface area (Å²) in [4.78, 5) is 27.9. The van der Waals surface area contributed by atoms with E-state index in [2.05, 4.69) is 10.0 Å². The van der Waals surface area contributed by atoms with Gasteiger partial charge in [-0.15, -0.1) is 11.8 Å². The zero-order valence-electron chi connectivity index (χ0n) is 17.3. The number of hydrogen-bond acceptors (Lipinski definition) is 5. The molecule has 4 rings (SSSR count). The van der Waals surface area contributed by atoms with Gasteiger partial charge in [0.25, 0.3) is 10.0 Å². The van der Waals surface area contributed by atoms with E-state index < -0.39 is 15.9 Å². The van der Waals surface area contributed by atoms with E-state index in [-0.39, 0.29) is 23.1 Å². The highest BCUT2D eigenvalue weighted by atomic mass is 32.2. The van der Waals surface area contributed by atoms with Crippen LogP contribution in [0, 0.1) is 12.8 Å². The minimum absolute atomic E-state index is 0.00910. The number of carbonyl (C=O) groups is 2. The van der Waals surface area contributed by atoms with Crippen molar-refractivity contribution in [2.45, 2.75) is 36.0 Å². The molecule has 2 amide bonds. The van der Waals surface area contributed by atoms with Crippen LogP contribution in [0.3, 0.4) is 0 Å². The average molecular weight is 460 g/mol. The molecule has 1 fully saturated rings. The first-order valence-electron chi connectivity index (χ1n) is 10.3. The van der Waals surface area contributed by atoms with E-state index >= 15 is 0 Å². The molecule has 0 saturated carbocycles. The molecule has 1 saturated heterocycles. The monoisotopic (exact) mass is 459 g/mol. The number of likely N-dealkylation sites (tertiary alicyclic amines) is 1. The molecule has 1 atom stereocenters. The SMILES string of the molecule is Cc1cccc(NS(=O)(=O)c2ccc3c(c2)NC(=O)[C@H](CC(=O)N2CCCC2)CS3)c1. The summed E-state index contributed by atoms with van der Waals surface area (Å²) in [7, 11) is -3.81. The number of nitrogens with zero attached hydrogens (tertiary/aromatic N) is 1. The van der Waals surface area contributed by atoms with Gasteiger partial charge in [-0.05, 0) is 55.7 Å². The summed E-state index contributed by atoms with van der Waals surface area (Å²) in [5, 5.41) is 2.83. The van der Waals surface area contributed by atoms with Crippen LogP contribution in [0.4, 0.5) is 11.4 Å². The number of aryl methyl sites for hydroxylation is 1. The third-order valence-electron chi connectivity index (χ3n) is 5.48. The Morgan fingerprint density at radius 1 is 1.19 bits per heavy atom. The first-order chi connectivity index (χ1) is 14.8. The van der Waals surface area contributed by atoms with Crippen molar-refractivity contribution in [3.8, 4) is 0 Å². The third-order valence-corrected chi connectivity index (χ3v) is 8.10. The van der Waals surface area contributed by atoms with Crippen LogP contribution in [-0.4, -0.2) is 44.0 Å². The molecule has 0 aliphatic carbocycles. The molecule has 0 spiro atoms. The summed E-state index contributed by atoms with van der Waals surface area (Å²) < 4.78 is 28.3. The number of carbonyl (C=O) groups excluding carboxylic acids is 2. The van der Waals surface area contributed by atoms with Crippen LogP contribution in [0.15, 0.2) is 52.3 Å². The van der Waals surface area contributed by atoms with Crippen molar-refractivity contribution in [2.75, 3.05) is 28.9 Å². The number of rotatable bonds is 5. The number of sulfonamides is 1. The summed E-state index contributed by atoms with van der Waals surface area (Å²) in [6, 6.07) is 11.8. The predicted molar refractivity (Wildman–Crippen MR) is 122 cm³/mol. The Morgan fingerprint density at radius 3 is 2.71 bits per heavy atom. The van der Waals surface area contributed by atoms with E-state index in [1.54, 1.807) is 24.3 Å². The van der Waals surface area contributed by atoms with E-state index in [4.69, 9.17) is 0 Å². The summed E-state index contributed by atoms with van der Waals surface area (Å²) in [5.41, 5.74) is 1.88. The summed E-state index contributed by atoms with van der Waals surface area (Å²) in [6.45, 7) is 3.41. The molecular weight excluding hydrogens is 434 g/mol. The lowest BCUT2D eigenvalue weighted by atomic mass is 10.1. The van der Waals surface area contributed by atoms with Gasteiger partial charge in [0, 0.05) is 35.8 Å². The lowest BCUT2D eigenvalue weighted by Crippen LogP contribution is -2.33. The second-order valence-corrected chi connectivity index (χ2v) is 10.7. The molecule has 0 bridgehead atoms. The number of anilines is 2. The highest BCUT2D eigenvalue weighted by Gasteiger charge is 2.30. The van der Waals surface area contributed by atoms with Crippen LogP contribution >= 0.6 is 11.8 Å². The van der Waals surface area contributed by atoms with Gasteiger partial charge in [-0.3, -0.25) is 14.3 Å². The van der Waals surface area contributed by atoms with Gasteiger partial charge in [0.2, 0.25) is 11.8 Å². The lowest BCUT2D eigenvalue weighted by molar-refractivity contribution is -0.133. The van der Waals surface area contributed by atoms with Crippen LogP contribution in [0.25, 0.3) is 0 Å². The van der Waals surface area contributed by atoms with E-state index in [1.807, 2.05) is 17.9 Å². The average Bonchev–Trinajstić information content (AvgIpc) is 3.21. The van der Waals surface area contributed by atoms with Crippen LogP contribution < -0.4 is 10.0 Å². The van der Waals surface area contributed by atoms with E-state index in [0.717, 1.165) is 36.4 Å². The fraction of sp³-hybridized carbons (Fsp3) is 0.364. The van der Waals surface area contributed by atoms with Crippen LogP contribution in [-0.2, 0) is 19.6 Å². The fourth-order valence-corrected chi connectivity index (χ4v) is 5.94. The number of thioether (sulfide) groups is 1. The number of benzene rings is 2. The number of amides is 2. The van der Waals surface area contributed by atoms with Crippen molar-refractivity contribution in [3.63, 3.8) is 0 Å². The first kappa shape index (κ1) is 21.7. The molecule has 9 heteroatoms. The fourth-order valence-electron chi connectivity index (χ4n) is 3.78. The molecule has 7 nitrogen and oxygen atoms in total. The van der Waals surface area contributed by atoms with Crippen molar-refractivity contribution < 1.29 is 18.0 Å². The normalized spacial score (nSPS) is 18.8. The second kappa shape index (κ2) is 8.92. The molecule has 2 aliphatic heterocycles. The number of hydrogen-bond donors (Lipinski definition) is 2. The van der Waals surface area contributed by atoms with Gasteiger partial charge in [0.1, 0.15) is 0 Å². The molecule has 0 unspecified atom stereocenters. The summed E-state index contributed by atoms with van der Waals surface area (Å²) >= 11 is 1.46. The van der Waals surface area contributed by atoms with Crippen molar-refractivity contribution >= 4 is 45.0 Å². The molecule has 164 valence electrons. The molecule has 2 aromatic carbocycles. The largest absolute Gasteiger partial charge is 0.343 e. The second-order valence-electron chi connectivity index (χ2n) is 7.92. The Morgan fingerprint density at radius 2 is 1.97 bits per heavy atom. The smallest absolute Gasteiger partial charge is 0.261 e. The zero-order chi connectivity index (χ0) is 22.0. The van der Waals surface area contributed by atoms with E-state index in [9.17, 15) is 18.0 Å². The van der Waals surface area contributed by atoms with Gasteiger partial charge in [-0.2, -0.15) is 0 Å². The van der Waals surface area contributed by atoms with Crippen LogP contribution in [0.1, 0.15) is 24.8 Å².